The second-order valence-corrected chi connectivity index (χ2v) is 8.65. The van der Waals surface area contributed by atoms with Crippen LogP contribution in [0, 0.1) is 19.8 Å². The number of nitrogens with zero attached hydrogens (tertiary/aromatic N) is 3. The quantitative estimate of drug-likeness (QED) is 0.692. The third kappa shape index (κ3) is 6.54. The minimum atomic E-state index is 0.0146. The van der Waals surface area contributed by atoms with Gasteiger partial charge >= 0.3 is 0 Å². The van der Waals surface area contributed by atoms with Gasteiger partial charge in [0.15, 0.2) is 0 Å². The summed E-state index contributed by atoms with van der Waals surface area (Å²) in [6.45, 7) is 12.1. The SMILES string of the molecule is CCCN(CC(=O)N1CCN(CC(=O)Nc2c(C)cccc2C)CC1)CC1CC1. The molecular weight excluding hydrogens is 364 g/mol. The summed E-state index contributed by atoms with van der Waals surface area (Å²) in [6, 6.07) is 6.03. The van der Waals surface area contributed by atoms with E-state index in [2.05, 4.69) is 22.0 Å². The van der Waals surface area contributed by atoms with Gasteiger partial charge in [-0.05, 0) is 56.7 Å². The number of carbonyl (C=O) groups is 2. The molecule has 0 atom stereocenters. The molecule has 0 bridgehead atoms. The van der Waals surface area contributed by atoms with E-state index in [9.17, 15) is 9.59 Å². The average molecular weight is 401 g/mol. The Morgan fingerprint density at radius 2 is 1.76 bits per heavy atom. The molecule has 0 radical (unpaired) electrons. The zero-order chi connectivity index (χ0) is 20.8. The second-order valence-electron chi connectivity index (χ2n) is 8.65. The summed E-state index contributed by atoms with van der Waals surface area (Å²) in [5.41, 5.74) is 3.08. The van der Waals surface area contributed by atoms with Crippen LogP contribution in [0.3, 0.4) is 0 Å². The summed E-state index contributed by atoms with van der Waals surface area (Å²) in [6.07, 6.45) is 3.72. The van der Waals surface area contributed by atoms with Gasteiger partial charge in [-0.2, -0.15) is 0 Å². The minimum absolute atomic E-state index is 0.0146. The number of hydrogen-bond acceptors (Lipinski definition) is 4. The molecule has 1 N–H and O–H groups in total. The van der Waals surface area contributed by atoms with Crippen LogP contribution in [0.5, 0.6) is 0 Å². The van der Waals surface area contributed by atoms with Crippen molar-refractivity contribution in [3.8, 4) is 0 Å². The lowest BCUT2D eigenvalue weighted by atomic mass is 10.1. The molecule has 2 amide bonds. The van der Waals surface area contributed by atoms with Crippen LogP contribution in [0.1, 0.15) is 37.3 Å². The van der Waals surface area contributed by atoms with Gasteiger partial charge in [0.2, 0.25) is 11.8 Å². The van der Waals surface area contributed by atoms with E-state index in [0.29, 0.717) is 26.2 Å². The molecule has 1 aliphatic carbocycles. The maximum Gasteiger partial charge on any atom is 0.238 e. The van der Waals surface area contributed by atoms with E-state index in [1.54, 1.807) is 0 Å². The molecule has 6 nitrogen and oxygen atoms in total. The van der Waals surface area contributed by atoms with Crippen LogP contribution in [0.25, 0.3) is 0 Å². The van der Waals surface area contributed by atoms with E-state index < -0.39 is 0 Å². The van der Waals surface area contributed by atoms with Crippen molar-refractivity contribution in [3.63, 3.8) is 0 Å². The Morgan fingerprint density at radius 1 is 1.10 bits per heavy atom. The number of benzene rings is 1. The van der Waals surface area contributed by atoms with Gasteiger partial charge in [0.25, 0.3) is 0 Å². The van der Waals surface area contributed by atoms with Crippen molar-refractivity contribution in [3.05, 3.63) is 29.3 Å². The summed E-state index contributed by atoms with van der Waals surface area (Å²) in [5.74, 6) is 1.06. The number of anilines is 1. The zero-order valence-corrected chi connectivity index (χ0v) is 18.2. The van der Waals surface area contributed by atoms with E-state index in [0.717, 1.165) is 55.3 Å². The molecule has 1 aliphatic heterocycles. The van der Waals surface area contributed by atoms with Crippen molar-refractivity contribution in [2.24, 2.45) is 5.92 Å². The van der Waals surface area contributed by atoms with Gasteiger partial charge in [0.05, 0.1) is 13.1 Å². The molecule has 2 aliphatic rings. The normalized spacial score (nSPS) is 17.6. The number of hydrogen-bond donors (Lipinski definition) is 1. The van der Waals surface area contributed by atoms with Crippen LogP contribution >= 0.6 is 0 Å². The first-order valence-corrected chi connectivity index (χ1v) is 11.0. The van der Waals surface area contributed by atoms with Gasteiger partial charge in [0.1, 0.15) is 0 Å². The van der Waals surface area contributed by atoms with Crippen molar-refractivity contribution < 1.29 is 9.59 Å². The molecule has 1 saturated carbocycles. The van der Waals surface area contributed by atoms with Crippen LogP contribution in [0.4, 0.5) is 5.69 Å². The lowest BCUT2D eigenvalue weighted by Crippen LogP contribution is -2.52. The van der Waals surface area contributed by atoms with E-state index in [4.69, 9.17) is 0 Å². The van der Waals surface area contributed by atoms with Gasteiger partial charge in [-0.1, -0.05) is 25.1 Å². The van der Waals surface area contributed by atoms with Crippen LogP contribution in [0.15, 0.2) is 18.2 Å². The largest absolute Gasteiger partial charge is 0.339 e. The molecule has 1 aromatic rings. The molecule has 6 heteroatoms. The Balaban J connectivity index is 1.42. The van der Waals surface area contributed by atoms with E-state index in [1.165, 1.54) is 12.8 Å². The fourth-order valence-corrected chi connectivity index (χ4v) is 4.06. The summed E-state index contributed by atoms with van der Waals surface area (Å²) in [7, 11) is 0. The number of para-hydroxylation sites is 1. The Morgan fingerprint density at radius 3 is 2.34 bits per heavy atom. The summed E-state index contributed by atoms with van der Waals surface area (Å²) < 4.78 is 0. The summed E-state index contributed by atoms with van der Waals surface area (Å²) in [4.78, 5) is 31.6. The molecule has 0 unspecified atom stereocenters. The first-order chi connectivity index (χ1) is 14.0. The van der Waals surface area contributed by atoms with Crippen molar-refractivity contribution in [1.82, 2.24) is 14.7 Å². The summed E-state index contributed by atoms with van der Waals surface area (Å²) >= 11 is 0. The third-order valence-electron chi connectivity index (χ3n) is 5.95. The molecule has 1 saturated heterocycles. The highest BCUT2D eigenvalue weighted by Crippen LogP contribution is 2.29. The molecule has 0 spiro atoms. The maximum absolute atomic E-state index is 12.7. The van der Waals surface area contributed by atoms with Gasteiger partial charge in [-0.3, -0.25) is 19.4 Å². The monoisotopic (exact) mass is 400 g/mol. The highest BCUT2D eigenvalue weighted by atomic mass is 16.2. The number of carbonyl (C=O) groups excluding carboxylic acids is 2. The number of nitrogens with one attached hydrogen (secondary N) is 1. The van der Waals surface area contributed by atoms with Crippen LogP contribution in [-0.2, 0) is 9.59 Å². The highest BCUT2D eigenvalue weighted by Gasteiger charge is 2.27. The number of aryl methyl sites for hydroxylation is 2. The molecule has 3 rings (SSSR count). The van der Waals surface area contributed by atoms with Crippen molar-refractivity contribution >= 4 is 17.5 Å². The fourth-order valence-electron chi connectivity index (χ4n) is 4.06. The molecule has 2 fully saturated rings. The fraction of sp³-hybridized carbons (Fsp3) is 0.652. The lowest BCUT2D eigenvalue weighted by Gasteiger charge is -2.35. The first kappa shape index (κ1) is 21.8. The molecule has 29 heavy (non-hydrogen) atoms. The summed E-state index contributed by atoms with van der Waals surface area (Å²) in [5, 5.41) is 3.06. The molecule has 160 valence electrons. The number of amides is 2. The minimum Gasteiger partial charge on any atom is -0.339 e. The Hall–Kier alpha value is -1.92. The number of piperazine rings is 1. The topological polar surface area (TPSA) is 55.9 Å². The average Bonchev–Trinajstić information content (AvgIpc) is 3.49. The standard InChI is InChI=1S/C23H36N4O2/c1-4-10-26(15-20-8-9-20)17-22(29)27-13-11-25(12-14-27)16-21(28)24-23-18(2)6-5-7-19(23)3/h5-7,20H,4,8-17H2,1-3H3,(H,24,28). The zero-order valence-electron chi connectivity index (χ0n) is 18.2. The van der Waals surface area contributed by atoms with Crippen molar-refractivity contribution in [2.75, 3.05) is 57.7 Å². The predicted molar refractivity (Wildman–Crippen MR) is 117 cm³/mol. The van der Waals surface area contributed by atoms with Gasteiger partial charge in [-0.25, -0.2) is 0 Å². The highest BCUT2D eigenvalue weighted by molar-refractivity contribution is 5.93. The van der Waals surface area contributed by atoms with Crippen LogP contribution in [0.2, 0.25) is 0 Å². The first-order valence-electron chi connectivity index (χ1n) is 11.0. The van der Waals surface area contributed by atoms with Gasteiger partial charge in [-0.15, -0.1) is 0 Å². The lowest BCUT2D eigenvalue weighted by molar-refractivity contribution is -0.134. The number of rotatable bonds is 9. The van der Waals surface area contributed by atoms with Crippen molar-refractivity contribution in [2.45, 2.75) is 40.0 Å². The maximum atomic E-state index is 12.7. The van der Waals surface area contributed by atoms with E-state index >= 15 is 0 Å². The smallest absolute Gasteiger partial charge is 0.238 e. The molecule has 1 heterocycles. The Labute approximate surface area is 175 Å². The second kappa shape index (κ2) is 10.2. The molecular formula is C23H36N4O2. The Kier molecular flexibility index (Phi) is 7.67. The third-order valence-corrected chi connectivity index (χ3v) is 5.95. The van der Waals surface area contributed by atoms with E-state index in [-0.39, 0.29) is 11.8 Å². The van der Waals surface area contributed by atoms with Crippen LogP contribution in [-0.4, -0.2) is 78.9 Å². The molecule has 1 aromatic carbocycles. The van der Waals surface area contributed by atoms with Crippen molar-refractivity contribution in [1.29, 1.82) is 0 Å². The predicted octanol–water partition coefficient (Wildman–Crippen LogP) is 2.51. The Bertz CT molecular complexity index is 689. The van der Waals surface area contributed by atoms with Gasteiger partial charge < -0.3 is 10.2 Å². The van der Waals surface area contributed by atoms with E-state index in [1.807, 2.05) is 36.9 Å². The molecule has 0 aromatic heterocycles. The van der Waals surface area contributed by atoms with Gasteiger partial charge in [0, 0.05) is 38.4 Å². The van der Waals surface area contributed by atoms with Crippen LogP contribution < -0.4 is 5.32 Å².